The Morgan fingerprint density at radius 1 is 1.08 bits per heavy atom. The molecule has 0 spiro atoms. The van der Waals surface area contributed by atoms with Crippen molar-refractivity contribution >= 4 is 29.2 Å². The lowest BCUT2D eigenvalue weighted by Crippen LogP contribution is -2.21. The maximum atomic E-state index is 12.2. The molecule has 0 heterocycles. The van der Waals surface area contributed by atoms with Crippen molar-refractivity contribution in [2.75, 3.05) is 26.1 Å². The SMILES string of the molecule is COc1cc(C(=O)OCC(=O)Nc2cccc(Cl)c2)cc(OC)c1C. The second-order valence-corrected chi connectivity index (χ2v) is 5.58. The van der Waals surface area contributed by atoms with Gasteiger partial charge in [0, 0.05) is 16.3 Å². The molecule has 132 valence electrons. The summed E-state index contributed by atoms with van der Waals surface area (Å²) in [5, 5.41) is 3.09. The van der Waals surface area contributed by atoms with Gasteiger partial charge >= 0.3 is 5.97 Å². The van der Waals surface area contributed by atoms with E-state index in [0.29, 0.717) is 22.2 Å². The number of hydrogen-bond acceptors (Lipinski definition) is 5. The first-order chi connectivity index (χ1) is 11.9. The van der Waals surface area contributed by atoms with Crippen molar-refractivity contribution in [3.63, 3.8) is 0 Å². The Hall–Kier alpha value is -2.73. The molecule has 0 unspecified atom stereocenters. The molecule has 1 amide bonds. The van der Waals surface area contributed by atoms with Crippen LogP contribution in [0.3, 0.4) is 0 Å². The molecular weight excluding hydrogens is 346 g/mol. The third-order valence-electron chi connectivity index (χ3n) is 3.43. The largest absolute Gasteiger partial charge is 0.496 e. The summed E-state index contributed by atoms with van der Waals surface area (Å²) in [7, 11) is 2.99. The first kappa shape index (κ1) is 18.6. The summed E-state index contributed by atoms with van der Waals surface area (Å²) in [6.45, 7) is 1.38. The molecule has 2 rings (SSSR count). The van der Waals surface area contributed by atoms with Gasteiger partial charge in [-0.1, -0.05) is 17.7 Å². The lowest BCUT2D eigenvalue weighted by atomic mass is 10.1. The number of anilines is 1. The molecular formula is C18H18ClNO5. The fourth-order valence-corrected chi connectivity index (χ4v) is 2.37. The van der Waals surface area contributed by atoms with Crippen LogP contribution in [-0.4, -0.2) is 32.7 Å². The minimum atomic E-state index is -0.655. The molecule has 2 aromatic carbocycles. The number of rotatable bonds is 6. The lowest BCUT2D eigenvalue weighted by Gasteiger charge is -2.12. The van der Waals surface area contributed by atoms with E-state index in [1.807, 2.05) is 6.92 Å². The Morgan fingerprint density at radius 2 is 1.72 bits per heavy atom. The molecule has 0 saturated heterocycles. The van der Waals surface area contributed by atoms with E-state index in [0.717, 1.165) is 5.56 Å². The van der Waals surface area contributed by atoms with Crippen molar-refractivity contribution in [2.24, 2.45) is 0 Å². The van der Waals surface area contributed by atoms with E-state index in [9.17, 15) is 9.59 Å². The Bertz CT molecular complexity index is 766. The summed E-state index contributed by atoms with van der Waals surface area (Å²) in [4.78, 5) is 24.0. The van der Waals surface area contributed by atoms with E-state index in [4.69, 9.17) is 25.8 Å². The number of carbonyl (C=O) groups is 2. The van der Waals surface area contributed by atoms with E-state index in [2.05, 4.69) is 5.32 Å². The molecule has 0 aliphatic heterocycles. The Labute approximate surface area is 150 Å². The zero-order chi connectivity index (χ0) is 18.4. The Morgan fingerprint density at radius 3 is 2.28 bits per heavy atom. The van der Waals surface area contributed by atoms with E-state index >= 15 is 0 Å². The molecule has 7 heteroatoms. The van der Waals surface area contributed by atoms with Crippen molar-refractivity contribution in [1.29, 1.82) is 0 Å². The smallest absolute Gasteiger partial charge is 0.338 e. The van der Waals surface area contributed by atoms with Gasteiger partial charge < -0.3 is 19.5 Å². The minimum Gasteiger partial charge on any atom is -0.496 e. The molecule has 1 N–H and O–H groups in total. The number of benzene rings is 2. The average molecular weight is 364 g/mol. The van der Waals surface area contributed by atoms with Crippen LogP contribution in [0.15, 0.2) is 36.4 Å². The summed E-state index contributed by atoms with van der Waals surface area (Å²) in [5.74, 6) is -0.135. The fourth-order valence-electron chi connectivity index (χ4n) is 2.18. The van der Waals surface area contributed by atoms with E-state index in [-0.39, 0.29) is 5.56 Å². The van der Waals surface area contributed by atoms with Gasteiger partial charge in [-0.2, -0.15) is 0 Å². The topological polar surface area (TPSA) is 73.9 Å². The second-order valence-electron chi connectivity index (χ2n) is 5.14. The number of esters is 1. The first-order valence-electron chi connectivity index (χ1n) is 7.39. The molecule has 0 aliphatic carbocycles. The normalized spacial score (nSPS) is 10.1. The van der Waals surface area contributed by atoms with Gasteiger partial charge in [-0.05, 0) is 37.3 Å². The van der Waals surface area contributed by atoms with Crippen LogP contribution in [0.5, 0.6) is 11.5 Å². The van der Waals surface area contributed by atoms with Gasteiger partial charge in [0.1, 0.15) is 11.5 Å². The predicted octanol–water partition coefficient (Wildman–Crippen LogP) is 3.46. The number of carbonyl (C=O) groups excluding carboxylic acids is 2. The van der Waals surface area contributed by atoms with Gasteiger partial charge in [-0.3, -0.25) is 4.79 Å². The van der Waals surface area contributed by atoms with Gasteiger partial charge in [0.05, 0.1) is 19.8 Å². The number of amides is 1. The van der Waals surface area contributed by atoms with E-state index in [1.165, 1.54) is 26.4 Å². The lowest BCUT2D eigenvalue weighted by molar-refractivity contribution is -0.119. The Balaban J connectivity index is 2.01. The van der Waals surface area contributed by atoms with Crippen LogP contribution in [0.4, 0.5) is 5.69 Å². The van der Waals surface area contributed by atoms with Crippen LogP contribution in [0.25, 0.3) is 0 Å². The monoisotopic (exact) mass is 363 g/mol. The summed E-state index contributed by atoms with van der Waals surface area (Å²) in [6.07, 6.45) is 0. The predicted molar refractivity (Wildman–Crippen MR) is 94.6 cm³/mol. The molecule has 6 nitrogen and oxygen atoms in total. The summed E-state index contributed by atoms with van der Waals surface area (Å²) >= 11 is 5.85. The van der Waals surface area contributed by atoms with Crippen molar-refractivity contribution in [3.8, 4) is 11.5 Å². The van der Waals surface area contributed by atoms with Crippen molar-refractivity contribution in [3.05, 3.63) is 52.5 Å². The van der Waals surface area contributed by atoms with Crippen LogP contribution in [0.1, 0.15) is 15.9 Å². The van der Waals surface area contributed by atoms with Gasteiger partial charge in [0.25, 0.3) is 5.91 Å². The molecule has 25 heavy (non-hydrogen) atoms. The van der Waals surface area contributed by atoms with Crippen LogP contribution >= 0.6 is 11.6 Å². The zero-order valence-electron chi connectivity index (χ0n) is 14.1. The van der Waals surface area contributed by atoms with Gasteiger partial charge in [0.2, 0.25) is 0 Å². The molecule has 0 saturated carbocycles. The average Bonchev–Trinajstić information content (AvgIpc) is 2.60. The van der Waals surface area contributed by atoms with Gasteiger partial charge in [0.15, 0.2) is 6.61 Å². The van der Waals surface area contributed by atoms with Crippen LogP contribution < -0.4 is 14.8 Å². The van der Waals surface area contributed by atoms with Gasteiger partial charge in [-0.15, -0.1) is 0 Å². The highest BCUT2D eigenvalue weighted by Crippen LogP contribution is 2.29. The molecule has 0 aromatic heterocycles. The number of methoxy groups -OCH3 is 2. The number of ether oxygens (including phenoxy) is 3. The standard InChI is InChI=1S/C18H18ClNO5/c1-11-15(23-2)7-12(8-16(11)24-3)18(22)25-10-17(21)20-14-6-4-5-13(19)9-14/h4-9H,10H2,1-3H3,(H,20,21). The number of halogens is 1. The first-order valence-corrected chi connectivity index (χ1v) is 7.77. The fraction of sp³-hybridized carbons (Fsp3) is 0.222. The summed E-state index contributed by atoms with van der Waals surface area (Å²) < 4.78 is 15.5. The van der Waals surface area contributed by atoms with Crippen LogP contribution in [-0.2, 0) is 9.53 Å². The second kappa shape index (κ2) is 8.39. The van der Waals surface area contributed by atoms with Crippen LogP contribution in [0, 0.1) is 6.92 Å². The number of hydrogen-bond donors (Lipinski definition) is 1. The van der Waals surface area contributed by atoms with Crippen molar-refractivity contribution < 1.29 is 23.8 Å². The van der Waals surface area contributed by atoms with Crippen LogP contribution in [0.2, 0.25) is 5.02 Å². The minimum absolute atomic E-state index is 0.231. The molecule has 0 bridgehead atoms. The molecule has 0 fully saturated rings. The highest BCUT2D eigenvalue weighted by atomic mass is 35.5. The maximum absolute atomic E-state index is 12.2. The third-order valence-corrected chi connectivity index (χ3v) is 3.67. The molecule has 2 aromatic rings. The van der Waals surface area contributed by atoms with E-state index < -0.39 is 18.5 Å². The quantitative estimate of drug-likeness (QED) is 0.795. The summed E-state index contributed by atoms with van der Waals surface area (Å²) in [5.41, 5.74) is 1.52. The third kappa shape index (κ3) is 4.87. The van der Waals surface area contributed by atoms with Crippen molar-refractivity contribution in [1.82, 2.24) is 0 Å². The number of nitrogens with one attached hydrogen (secondary N) is 1. The maximum Gasteiger partial charge on any atom is 0.338 e. The zero-order valence-corrected chi connectivity index (χ0v) is 14.8. The van der Waals surface area contributed by atoms with Gasteiger partial charge in [-0.25, -0.2) is 4.79 Å². The van der Waals surface area contributed by atoms with E-state index in [1.54, 1.807) is 24.3 Å². The molecule has 0 atom stereocenters. The van der Waals surface area contributed by atoms with Crippen molar-refractivity contribution in [2.45, 2.75) is 6.92 Å². The molecule has 0 aliphatic rings. The molecule has 0 radical (unpaired) electrons. The highest BCUT2D eigenvalue weighted by Gasteiger charge is 2.16. The summed E-state index contributed by atoms with van der Waals surface area (Å²) in [6, 6.07) is 9.74. The highest BCUT2D eigenvalue weighted by molar-refractivity contribution is 6.30. The Kier molecular flexibility index (Phi) is 6.25.